The average molecular weight is 890 g/mol. The molecule has 7 rings (SSSR count). The number of carboxylic acids is 1. The van der Waals surface area contributed by atoms with Crippen LogP contribution in [0.15, 0.2) is 57.7 Å². The molecule has 2 aromatic heterocycles. The number of H-pyrrole nitrogens is 1. The molecule has 0 saturated carbocycles. The molecule has 62 heavy (non-hydrogen) atoms. The van der Waals surface area contributed by atoms with Gasteiger partial charge in [-0.25, -0.2) is 14.8 Å². The Morgan fingerprint density at radius 2 is 1.84 bits per heavy atom. The number of hydrogen-bond donors (Lipinski definition) is 6. The Labute approximate surface area is 363 Å². The number of nitrogens with one attached hydrogen (secondary N) is 4. The van der Waals surface area contributed by atoms with Crippen LogP contribution in [0.2, 0.25) is 0 Å². The number of aromatic amines is 1. The third-order valence-electron chi connectivity index (χ3n) is 11.5. The smallest absolute Gasteiger partial charge is 0.327 e. The number of aliphatic carboxylic acids is 1. The Bertz CT molecular complexity index is 2440. The number of Topliss-reactive ketones (excluding diaryl/α,β-unsaturated/α-hetero) is 2. The minimum absolute atomic E-state index is 0.00981. The van der Waals surface area contributed by atoms with Gasteiger partial charge in [0.1, 0.15) is 12.6 Å². The zero-order valence-electron chi connectivity index (χ0n) is 34.3. The van der Waals surface area contributed by atoms with E-state index in [1.54, 1.807) is 32.4 Å². The Morgan fingerprint density at radius 1 is 1.06 bits per heavy atom. The number of ether oxygens (including phenoxy) is 2. The van der Waals surface area contributed by atoms with Gasteiger partial charge >= 0.3 is 11.9 Å². The fourth-order valence-corrected chi connectivity index (χ4v) is 10.6. The quantitative estimate of drug-likeness (QED) is 0.0306. The van der Waals surface area contributed by atoms with Crippen LogP contribution in [0.25, 0.3) is 11.2 Å². The van der Waals surface area contributed by atoms with Crippen LogP contribution < -0.4 is 27.2 Å². The van der Waals surface area contributed by atoms with E-state index in [2.05, 4.69) is 35.9 Å². The van der Waals surface area contributed by atoms with Gasteiger partial charge in [-0.3, -0.25) is 33.8 Å². The zero-order chi connectivity index (χ0) is 44.3. The molecule has 3 aliphatic heterocycles. The van der Waals surface area contributed by atoms with Crippen molar-refractivity contribution >= 4 is 74.0 Å². The molecular formula is C41H47N9O10S2. The number of benzene rings is 1. The summed E-state index contributed by atoms with van der Waals surface area (Å²) in [6, 6.07) is 5.90. The van der Waals surface area contributed by atoms with Crippen molar-refractivity contribution in [3.63, 3.8) is 0 Å². The van der Waals surface area contributed by atoms with Crippen molar-refractivity contribution in [1.82, 2.24) is 40.8 Å². The van der Waals surface area contributed by atoms with Crippen LogP contribution in [0.5, 0.6) is 0 Å². The molecule has 0 bridgehead atoms. The minimum Gasteiger partial charge on any atom is -0.480 e. The van der Waals surface area contributed by atoms with E-state index in [1.807, 2.05) is 17.0 Å². The first-order valence-corrected chi connectivity index (χ1v) is 22.6. The summed E-state index contributed by atoms with van der Waals surface area (Å²) < 4.78 is 11.4. The lowest BCUT2D eigenvalue weighted by Crippen LogP contribution is -2.55. The van der Waals surface area contributed by atoms with Crippen molar-refractivity contribution in [3.05, 3.63) is 80.1 Å². The molecule has 4 aliphatic rings. The van der Waals surface area contributed by atoms with Gasteiger partial charge in [0.2, 0.25) is 17.6 Å². The van der Waals surface area contributed by atoms with E-state index in [4.69, 9.17) is 15.2 Å². The number of esters is 1. The number of nitrogens with two attached hydrogens (primary N) is 1. The molecule has 5 atom stereocenters. The molecular weight excluding hydrogens is 843 g/mol. The molecule has 21 heteroatoms. The second-order valence-corrected chi connectivity index (χ2v) is 18.0. The zero-order valence-corrected chi connectivity index (χ0v) is 35.9. The monoisotopic (exact) mass is 889 g/mol. The lowest BCUT2D eigenvalue weighted by Gasteiger charge is -2.39. The van der Waals surface area contributed by atoms with E-state index < -0.39 is 41.1 Å². The molecule has 0 unspecified atom stereocenters. The molecule has 19 nitrogen and oxygen atoms in total. The van der Waals surface area contributed by atoms with Crippen molar-refractivity contribution < 1.29 is 43.3 Å². The summed E-state index contributed by atoms with van der Waals surface area (Å²) in [4.78, 5) is 106. The molecule has 7 N–H and O–H groups in total. The summed E-state index contributed by atoms with van der Waals surface area (Å²) in [6.07, 6.45) is 3.81. The molecule has 0 spiro atoms. The van der Waals surface area contributed by atoms with E-state index in [-0.39, 0.29) is 72.0 Å². The van der Waals surface area contributed by atoms with Gasteiger partial charge in [0, 0.05) is 73.4 Å². The van der Waals surface area contributed by atoms with Crippen molar-refractivity contribution in [2.45, 2.75) is 76.2 Å². The number of allylic oxidation sites excluding steroid dienone is 2. The first-order chi connectivity index (χ1) is 29.7. The third kappa shape index (κ3) is 9.11. The number of hydrogen-bond acceptors (Lipinski definition) is 17. The fraction of sp³-hybridized carbons (Fsp3) is 0.463. The maximum absolute atomic E-state index is 14.1. The Kier molecular flexibility index (Phi) is 13.4. The summed E-state index contributed by atoms with van der Waals surface area (Å²) >= 11 is 0. The number of methoxy groups -OCH3 is 1. The SMILES string of the molecule is CO[C@@]12[C@H](COC(C)=O)C3=C(C(=O)C(C)=C(CCCSSC[C@@H](NC(=O)CCCNC(=O)c4ccc(CCc5cnc6nc(N)[nH]c(=O)c6n5)cc4)C(=O)O)C3=O)N1C[C@@H]1N[C@@H]12. The van der Waals surface area contributed by atoms with E-state index in [0.29, 0.717) is 78.1 Å². The summed E-state index contributed by atoms with van der Waals surface area (Å²) in [5.74, 6) is -2.94. The fourth-order valence-electron chi connectivity index (χ4n) is 8.34. The second kappa shape index (κ2) is 18.8. The summed E-state index contributed by atoms with van der Waals surface area (Å²) in [5.41, 5.74) is 7.81. The van der Waals surface area contributed by atoms with Crippen LogP contribution in [-0.4, -0.2) is 127 Å². The molecule has 328 valence electrons. The molecule has 1 aliphatic carbocycles. The van der Waals surface area contributed by atoms with Crippen LogP contribution in [0.4, 0.5) is 5.95 Å². The normalized spacial score (nSPS) is 21.7. The van der Waals surface area contributed by atoms with Gasteiger partial charge in [-0.15, -0.1) is 0 Å². The predicted octanol–water partition coefficient (Wildman–Crippen LogP) is 1.24. The number of ketones is 2. The maximum atomic E-state index is 14.1. The number of nitrogens with zero attached hydrogens (tertiary/aromatic N) is 4. The lowest BCUT2D eigenvalue weighted by molar-refractivity contribution is -0.156. The molecule has 2 saturated heterocycles. The maximum Gasteiger partial charge on any atom is 0.327 e. The highest BCUT2D eigenvalue weighted by Crippen LogP contribution is 2.56. The number of aromatic nitrogens is 4. The number of fused-ring (bicyclic) bond motifs is 5. The topological polar surface area (TPSA) is 288 Å². The molecule has 5 heterocycles. The van der Waals surface area contributed by atoms with E-state index in [0.717, 1.165) is 5.56 Å². The van der Waals surface area contributed by atoms with Gasteiger partial charge in [-0.2, -0.15) is 4.98 Å². The van der Waals surface area contributed by atoms with Crippen LogP contribution in [-0.2, 0) is 46.3 Å². The van der Waals surface area contributed by atoms with Gasteiger partial charge in [-0.1, -0.05) is 33.7 Å². The number of carboxylic acid groups (broad SMARTS) is 1. The first kappa shape index (κ1) is 44.4. The van der Waals surface area contributed by atoms with Gasteiger partial charge in [-0.05, 0) is 56.7 Å². The third-order valence-corrected chi connectivity index (χ3v) is 14.0. The number of rotatable bonds is 20. The van der Waals surface area contributed by atoms with Crippen molar-refractivity contribution in [2.24, 2.45) is 5.92 Å². The van der Waals surface area contributed by atoms with Crippen LogP contribution >= 0.6 is 21.6 Å². The molecule has 2 amide bonds. The molecule has 0 radical (unpaired) electrons. The largest absolute Gasteiger partial charge is 0.480 e. The molecule has 1 aromatic carbocycles. The van der Waals surface area contributed by atoms with E-state index in [1.165, 1.54) is 28.5 Å². The van der Waals surface area contributed by atoms with Crippen LogP contribution in [0, 0.1) is 5.92 Å². The highest BCUT2D eigenvalue weighted by atomic mass is 33.1. The number of aryl methyl sites for hydroxylation is 2. The van der Waals surface area contributed by atoms with Gasteiger partial charge in [0.25, 0.3) is 11.5 Å². The van der Waals surface area contributed by atoms with Gasteiger partial charge in [0.05, 0.1) is 29.5 Å². The van der Waals surface area contributed by atoms with E-state index in [9.17, 15) is 38.7 Å². The number of piperazine rings is 1. The summed E-state index contributed by atoms with van der Waals surface area (Å²) in [5, 5.41) is 18.4. The highest BCUT2D eigenvalue weighted by molar-refractivity contribution is 8.76. The Morgan fingerprint density at radius 3 is 2.56 bits per heavy atom. The number of carbonyl (C=O) groups excluding carboxylic acids is 5. The van der Waals surface area contributed by atoms with Crippen molar-refractivity contribution in [1.29, 1.82) is 0 Å². The Hall–Kier alpha value is -5.64. The standard InChI is InChI=1S/C41H47N9O10S2/c1-20-25(34(54)30-26(18-60-21(2)51)41(59-3)35-27(47-35)17-50(41)32(30)33(20)53)6-5-15-61-62-19-28(39(57)58)46-29(52)7-4-14-43-37(55)23-11-8-22(9-12-23)10-13-24-16-44-36-31(45-24)38(56)49-40(42)48-36/h8-9,11-12,16,26-28,35,47H,4-7,10,13-15,17-19H2,1-3H3,(H,43,55)(H,46,52)(H,57,58)(H3,42,44,48,49,56)/t26-,27+,28-,35+,41-/m1/s1. The first-order valence-electron chi connectivity index (χ1n) is 20.1. The van der Waals surface area contributed by atoms with Crippen LogP contribution in [0.1, 0.15) is 61.1 Å². The summed E-state index contributed by atoms with van der Waals surface area (Å²) in [7, 11) is 4.23. The highest BCUT2D eigenvalue weighted by Gasteiger charge is 2.72. The number of anilines is 1. The van der Waals surface area contributed by atoms with Crippen molar-refractivity contribution in [2.75, 3.05) is 44.0 Å². The second-order valence-electron chi connectivity index (χ2n) is 15.4. The van der Waals surface area contributed by atoms with E-state index >= 15 is 0 Å². The number of carbonyl (C=O) groups is 6. The Balaban J connectivity index is 0.802. The molecule has 3 aromatic rings. The van der Waals surface area contributed by atoms with Crippen molar-refractivity contribution in [3.8, 4) is 0 Å². The van der Waals surface area contributed by atoms with Crippen LogP contribution in [0.3, 0.4) is 0 Å². The van der Waals surface area contributed by atoms with Gasteiger partial charge < -0.3 is 41.2 Å². The minimum atomic E-state index is -1.18. The predicted molar refractivity (Wildman–Crippen MR) is 229 cm³/mol. The van der Waals surface area contributed by atoms with Gasteiger partial charge in [0.15, 0.2) is 22.7 Å². The number of amides is 2. The summed E-state index contributed by atoms with van der Waals surface area (Å²) in [6.45, 7) is 3.57. The lowest BCUT2D eigenvalue weighted by atomic mass is 9.79. The number of nitrogen functional groups attached to an aromatic ring is 1. The average Bonchev–Trinajstić information content (AvgIpc) is 3.86. The molecule has 2 fully saturated rings.